The molecule has 0 N–H and O–H groups in total. The van der Waals surface area contributed by atoms with Gasteiger partial charge in [-0.15, -0.1) is 0 Å². The van der Waals surface area contributed by atoms with Crippen molar-refractivity contribution in [2.24, 2.45) is 5.92 Å². The molecule has 3 aliphatic rings. The van der Waals surface area contributed by atoms with E-state index in [0.29, 0.717) is 17.9 Å². The lowest BCUT2D eigenvalue weighted by molar-refractivity contribution is -0.143. The molecule has 2 aliphatic heterocycles. The number of rotatable bonds is 1. The molecule has 3 fully saturated rings. The van der Waals surface area contributed by atoms with Crippen molar-refractivity contribution in [3.63, 3.8) is 0 Å². The molecular formula is C12H19NO2. The Kier molecular flexibility index (Phi) is 1.99. The molecular weight excluding hydrogens is 190 g/mol. The minimum Gasteiger partial charge on any atom is -0.363 e. The summed E-state index contributed by atoms with van der Waals surface area (Å²) < 4.78 is 5.93. The number of ketones is 1. The average molecular weight is 209 g/mol. The van der Waals surface area contributed by atoms with E-state index in [1.807, 2.05) is 0 Å². The van der Waals surface area contributed by atoms with E-state index in [1.165, 1.54) is 0 Å². The summed E-state index contributed by atoms with van der Waals surface area (Å²) in [6.07, 6.45) is 3.12. The molecule has 1 aliphatic carbocycles. The van der Waals surface area contributed by atoms with E-state index in [9.17, 15) is 4.79 Å². The molecule has 2 unspecified atom stereocenters. The molecule has 0 bridgehead atoms. The number of fused-ring (bicyclic) bond motifs is 1. The summed E-state index contributed by atoms with van der Waals surface area (Å²) in [5.74, 6) is 0.687. The second-order valence-corrected chi connectivity index (χ2v) is 5.49. The Morgan fingerprint density at radius 3 is 2.53 bits per heavy atom. The molecule has 0 radical (unpaired) electrons. The van der Waals surface area contributed by atoms with Crippen molar-refractivity contribution >= 4 is 5.78 Å². The number of likely N-dealkylation sites (tertiary alicyclic amines) is 1. The van der Waals surface area contributed by atoms with E-state index in [4.69, 9.17) is 4.74 Å². The Hall–Kier alpha value is -0.410. The predicted molar refractivity (Wildman–Crippen MR) is 56.7 cm³/mol. The van der Waals surface area contributed by atoms with Crippen LogP contribution in [0.3, 0.4) is 0 Å². The van der Waals surface area contributed by atoms with Gasteiger partial charge in [-0.25, -0.2) is 0 Å². The van der Waals surface area contributed by atoms with Crippen LogP contribution >= 0.6 is 0 Å². The SMILES string of the molecule is CC(C)N1CCC2(CC1)OC1CC1C2=O. The van der Waals surface area contributed by atoms with Crippen molar-refractivity contribution in [2.45, 2.75) is 50.9 Å². The molecule has 0 aromatic rings. The van der Waals surface area contributed by atoms with E-state index >= 15 is 0 Å². The van der Waals surface area contributed by atoms with Crippen LogP contribution in [0.25, 0.3) is 0 Å². The van der Waals surface area contributed by atoms with Crippen LogP contribution in [0.2, 0.25) is 0 Å². The second-order valence-electron chi connectivity index (χ2n) is 5.49. The first kappa shape index (κ1) is 9.79. The van der Waals surface area contributed by atoms with Gasteiger partial charge in [0.05, 0.1) is 6.10 Å². The average Bonchev–Trinajstić information content (AvgIpc) is 2.91. The van der Waals surface area contributed by atoms with Crippen LogP contribution in [-0.4, -0.2) is 41.5 Å². The van der Waals surface area contributed by atoms with Crippen molar-refractivity contribution in [1.29, 1.82) is 0 Å². The summed E-state index contributed by atoms with van der Waals surface area (Å²) in [5, 5.41) is 0. The number of ether oxygens (including phenoxy) is 1. The molecule has 2 heterocycles. The van der Waals surface area contributed by atoms with Gasteiger partial charge in [0.25, 0.3) is 0 Å². The van der Waals surface area contributed by atoms with Gasteiger partial charge in [0.15, 0.2) is 5.78 Å². The zero-order valence-electron chi connectivity index (χ0n) is 9.53. The number of hydrogen-bond acceptors (Lipinski definition) is 3. The van der Waals surface area contributed by atoms with Gasteiger partial charge in [0.1, 0.15) is 5.60 Å². The maximum absolute atomic E-state index is 12.1. The first-order valence-corrected chi connectivity index (χ1v) is 6.08. The van der Waals surface area contributed by atoms with E-state index in [0.717, 1.165) is 32.4 Å². The van der Waals surface area contributed by atoms with Gasteiger partial charge in [0, 0.05) is 25.0 Å². The van der Waals surface area contributed by atoms with Crippen LogP contribution in [0, 0.1) is 5.92 Å². The molecule has 3 heteroatoms. The smallest absolute Gasteiger partial charge is 0.170 e. The van der Waals surface area contributed by atoms with Crippen molar-refractivity contribution in [3.8, 4) is 0 Å². The van der Waals surface area contributed by atoms with Crippen LogP contribution in [0.1, 0.15) is 33.1 Å². The summed E-state index contributed by atoms with van der Waals surface area (Å²) in [6.45, 7) is 6.46. The zero-order chi connectivity index (χ0) is 10.6. The maximum Gasteiger partial charge on any atom is 0.170 e. The summed E-state index contributed by atoms with van der Waals surface area (Å²) in [4.78, 5) is 14.5. The van der Waals surface area contributed by atoms with Crippen LogP contribution in [0.4, 0.5) is 0 Å². The number of hydrogen-bond donors (Lipinski definition) is 0. The highest BCUT2D eigenvalue weighted by Crippen LogP contribution is 2.51. The third-order valence-electron chi connectivity index (χ3n) is 4.23. The van der Waals surface area contributed by atoms with Crippen LogP contribution < -0.4 is 0 Å². The maximum atomic E-state index is 12.1. The van der Waals surface area contributed by atoms with E-state index < -0.39 is 0 Å². The van der Waals surface area contributed by atoms with Crippen molar-refractivity contribution in [1.82, 2.24) is 4.90 Å². The molecule has 2 atom stereocenters. The predicted octanol–water partition coefficient (Wildman–Crippen LogP) is 1.22. The highest BCUT2D eigenvalue weighted by Gasteiger charge is 2.62. The van der Waals surface area contributed by atoms with Gasteiger partial charge in [-0.2, -0.15) is 0 Å². The lowest BCUT2D eigenvalue weighted by Crippen LogP contribution is -2.51. The third kappa shape index (κ3) is 1.36. The first-order chi connectivity index (χ1) is 7.12. The fraction of sp³-hybridized carbons (Fsp3) is 0.917. The Morgan fingerprint density at radius 2 is 2.07 bits per heavy atom. The van der Waals surface area contributed by atoms with Gasteiger partial charge in [-0.05, 0) is 33.1 Å². The minimum atomic E-state index is -0.362. The standard InChI is InChI=1S/C12H19NO2/c1-8(2)13-5-3-12(4-6-13)11(14)9-7-10(9)15-12/h8-10H,3-7H2,1-2H3. The van der Waals surface area contributed by atoms with Gasteiger partial charge in [-0.1, -0.05) is 0 Å². The van der Waals surface area contributed by atoms with E-state index in [2.05, 4.69) is 18.7 Å². The highest BCUT2D eigenvalue weighted by atomic mass is 16.5. The van der Waals surface area contributed by atoms with Crippen LogP contribution in [-0.2, 0) is 9.53 Å². The van der Waals surface area contributed by atoms with E-state index in [-0.39, 0.29) is 11.5 Å². The largest absolute Gasteiger partial charge is 0.363 e. The molecule has 84 valence electrons. The molecule has 1 saturated carbocycles. The molecule has 1 spiro atoms. The summed E-state index contributed by atoms with van der Waals surface area (Å²) in [5.41, 5.74) is -0.362. The number of carbonyl (C=O) groups is 1. The van der Waals surface area contributed by atoms with Gasteiger partial charge < -0.3 is 9.64 Å². The number of carbonyl (C=O) groups excluding carboxylic acids is 1. The monoisotopic (exact) mass is 209 g/mol. The Morgan fingerprint density at radius 1 is 1.40 bits per heavy atom. The van der Waals surface area contributed by atoms with Gasteiger partial charge in [-0.3, -0.25) is 4.79 Å². The Bertz CT molecular complexity index is 292. The topological polar surface area (TPSA) is 29.5 Å². The van der Waals surface area contributed by atoms with Crippen LogP contribution in [0.15, 0.2) is 0 Å². The molecule has 0 aromatic carbocycles. The zero-order valence-corrected chi connectivity index (χ0v) is 9.53. The number of piperidine rings is 1. The normalized spacial score (nSPS) is 38.7. The summed E-state index contributed by atoms with van der Waals surface area (Å²) >= 11 is 0. The summed E-state index contributed by atoms with van der Waals surface area (Å²) in [7, 11) is 0. The molecule has 15 heavy (non-hydrogen) atoms. The number of nitrogens with zero attached hydrogens (tertiary/aromatic N) is 1. The molecule has 3 nitrogen and oxygen atoms in total. The highest BCUT2D eigenvalue weighted by molar-refractivity contribution is 5.94. The third-order valence-corrected chi connectivity index (χ3v) is 4.23. The van der Waals surface area contributed by atoms with Crippen LogP contribution in [0.5, 0.6) is 0 Å². The van der Waals surface area contributed by atoms with Gasteiger partial charge in [0.2, 0.25) is 0 Å². The number of Topliss-reactive ketones (excluding diaryl/α,β-unsaturated/α-hetero) is 1. The minimum absolute atomic E-state index is 0.274. The fourth-order valence-electron chi connectivity index (χ4n) is 3.03. The van der Waals surface area contributed by atoms with Gasteiger partial charge >= 0.3 is 0 Å². The molecule has 0 amide bonds. The first-order valence-electron chi connectivity index (χ1n) is 6.08. The van der Waals surface area contributed by atoms with Crippen molar-refractivity contribution < 1.29 is 9.53 Å². The fourth-order valence-corrected chi connectivity index (χ4v) is 3.03. The van der Waals surface area contributed by atoms with Crippen molar-refractivity contribution in [3.05, 3.63) is 0 Å². The van der Waals surface area contributed by atoms with Crippen molar-refractivity contribution in [2.75, 3.05) is 13.1 Å². The quantitative estimate of drug-likeness (QED) is 0.650. The Balaban J connectivity index is 1.69. The Labute approximate surface area is 90.8 Å². The second kappa shape index (κ2) is 3.05. The lowest BCUT2D eigenvalue weighted by Gasteiger charge is -2.40. The molecule has 3 rings (SSSR count). The lowest BCUT2D eigenvalue weighted by atomic mass is 9.85. The molecule has 2 saturated heterocycles. The summed E-state index contributed by atoms with van der Waals surface area (Å²) in [6, 6.07) is 0.591. The van der Waals surface area contributed by atoms with E-state index in [1.54, 1.807) is 0 Å². The molecule has 0 aromatic heterocycles.